The predicted molar refractivity (Wildman–Crippen MR) is 114 cm³/mol. The lowest BCUT2D eigenvalue weighted by Crippen LogP contribution is -2.21. The van der Waals surface area contributed by atoms with Gasteiger partial charge < -0.3 is 10.2 Å². The van der Waals surface area contributed by atoms with E-state index >= 15 is 0 Å². The van der Waals surface area contributed by atoms with Crippen LogP contribution in [0.5, 0.6) is 0 Å². The first-order chi connectivity index (χ1) is 13.2. The van der Waals surface area contributed by atoms with Gasteiger partial charge in [-0.15, -0.1) is 0 Å². The molecule has 1 aromatic rings. The molecule has 0 saturated heterocycles. The standard InChI is InChI=1S/C24H38O4/c1-6-18-12-9-13-19(20(23(25)26)14-7-10-16(2)3)22(18)21(24(27)28)15-8-11-17(4)5/h9,12-13,16-17,20-21H,6-8,10-11,14-15H2,1-5H3,(H,25,26)(H,27,28). The fraction of sp³-hybridized carbons (Fsp3) is 0.667. The molecule has 28 heavy (non-hydrogen) atoms. The fourth-order valence-electron chi connectivity index (χ4n) is 3.93. The SMILES string of the molecule is CCc1cccc(C(CCCC(C)C)C(=O)O)c1C(CCCC(C)C)C(=O)O. The molecule has 1 rings (SSSR count). The molecule has 4 nitrogen and oxygen atoms in total. The maximum absolute atomic E-state index is 12.1. The number of carboxylic acids is 2. The Morgan fingerprint density at radius 2 is 1.32 bits per heavy atom. The average molecular weight is 391 g/mol. The minimum atomic E-state index is -0.857. The maximum Gasteiger partial charge on any atom is 0.310 e. The van der Waals surface area contributed by atoms with Crippen molar-refractivity contribution >= 4 is 11.9 Å². The van der Waals surface area contributed by atoms with Gasteiger partial charge >= 0.3 is 11.9 Å². The van der Waals surface area contributed by atoms with Crippen LogP contribution >= 0.6 is 0 Å². The first kappa shape index (κ1) is 24.2. The number of aliphatic carboxylic acids is 2. The number of hydrogen-bond acceptors (Lipinski definition) is 2. The molecule has 0 fully saturated rings. The van der Waals surface area contributed by atoms with Crippen LogP contribution in [0.2, 0.25) is 0 Å². The van der Waals surface area contributed by atoms with Crippen LogP contribution in [0, 0.1) is 11.8 Å². The quantitative estimate of drug-likeness (QED) is 0.418. The number of rotatable bonds is 13. The smallest absolute Gasteiger partial charge is 0.310 e. The van der Waals surface area contributed by atoms with Gasteiger partial charge in [-0.1, -0.05) is 78.5 Å². The van der Waals surface area contributed by atoms with E-state index in [4.69, 9.17) is 0 Å². The highest BCUT2D eigenvalue weighted by molar-refractivity contribution is 5.81. The Hall–Kier alpha value is -1.84. The van der Waals surface area contributed by atoms with Crippen molar-refractivity contribution in [3.63, 3.8) is 0 Å². The molecule has 0 amide bonds. The zero-order valence-electron chi connectivity index (χ0n) is 18.2. The highest BCUT2D eigenvalue weighted by atomic mass is 16.4. The van der Waals surface area contributed by atoms with Crippen LogP contribution in [0.4, 0.5) is 0 Å². The van der Waals surface area contributed by atoms with Crippen molar-refractivity contribution in [2.24, 2.45) is 11.8 Å². The Morgan fingerprint density at radius 1 is 0.821 bits per heavy atom. The second-order valence-electron chi connectivity index (χ2n) is 8.70. The van der Waals surface area contributed by atoms with Crippen molar-refractivity contribution in [3.8, 4) is 0 Å². The Kier molecular flexibility index (Phi) is 10.3. The summed E-state index contributed by atoms with van der Waals surface area (Å²) in [4.78, 5) is 24.2. The van der Waals surface area contributed by atoms with E-state index in [1.165, 1.54) is 0 Å². The summed E-state index contributed by atoms with van der Waals surface area (Å²) in [5.41, 5.74) is 2.41. The second kappa shape index (κ2) is 11.9. The lowest BCUT2D eigenvalue weighted by atomic mass is 9.79. The van der Waals surface area contributed by atoms with Gasteiger partial charge in [0.2, 0.25) is 0 Å². The molecule has 2 atom stereocenters. The number of benzene rings is 1. The summed E-state index contributed by atoms with van der Waals surface area (Å²) in [7, 11) is 0. The van der Waals surface area contributed by atoms with Crippen LogP contribution in [-0.2, 0) is 16.0 Å². The highest BCUT2D eigenvalue weighted by Crippen LogP contribution is 2.36. The highest BCUT2D eigenvalue weighted by Gasteiger charge is 2.30. The molecule has 0 saturated carbocycles. The van der Waals surface area contributed by atoms with E-state index in [0.29, 0.717) is 36.7 Å². The lowest BCUT2D eigenvalue weighted by molar-refractivity contribution is -0.140. The van der Waals surface area contributed by atoms with Gasteiger partial charge in [-0.3, -0.25) is 9.59 Å². The van der Waals surface area contributed by atoms with E-state index in [-0.39, 0.29) is 0 Å². The van der Waals surface area contributed by atoms with Crippen molar-refractivity contribution in [2.45, 2.75) is 91.4 Å². The fourth-order valence-corrected chi connectivity index (χ4v) is 3.93. The van der Waals surface area contributed by atoms with E-state index in [2.05, 4.69) is 27.7 Å². The molecule has 0 heterocycles. The molecule has 0 aromatic heterocycles. The topological polar surface area (TPSA) is 74.6 Å². The van der Waals surface area contributed by atoms with E-state index in [1.54, 1.807) is 0 Å². The molecule has 0 aliphatic heterocycles. The van der Waals surface area contributed by atoms with Gasteiger partial charge in [0.15, 0.2) is 0 Å². The van der Waals surface area contributed by atoms with Gasteiger partial charge in [0, 0.05) is 0 Å². The van der Waals surface area contributed by atoms with Crippen molar-refractivity contribution in [2.75, 3.05) is 0 Å². The summed E-state index contributed by atoms with van der Waals surface area (Å²) in [5.74, 6) is -1.94. The molecular formula is C24H38O4. The zero-order chi connectivity index (χ0) is 21.3. The summed E-state index contributed by atoms with van der Waals surface area (Å²) >= 11 is 0. The molecule has 2 N–H and O–H groups in total. The van der Waals surface area contributed by atoms with Crippen molar-refractivity contribution < 1.29 is 19.8 Å². The first-order valence-corrected chi connectivity index (χ1v) is 10.8. The molecule has 158 valence electrons. The van der Waals surface area contributed by atoms with Gasteiger partial charge in [-0.25, -0.2) is 0 Å². The molecule has 0 bridgehead atoms. The molecule has 4 heteroatoms. The van der Waals surface area contributed by atoms with E-state index < -0.39 is 23.8 Å². The van der Waals surface area contributed by atoms with Crippen molar-refractivity contribution in [1.29, 1.82) is 0 Å². The molecule has 1 aromatic carbocycles. The van der Waals surface area contributed by atoms with Crippen LogP contribution in [0.25, 0.3) is 0 Å². The molecule has 0 aliphatic rings. The minimum absolute atomic E-state index is 0.526. The van der Waals surface area contributed by atoms with Crippen LogP contribution in [0.15, 0.2) is 18.2 Å². The summed E-state index contributed by atoms with van der Waals surface area (Å²) in [6, 6.07) is 5.66. The Bertz CT molecular complexity index is 633. The summed E-state index contributed by atoms with van der Waals surface area (Å²) < 4.78 is 0. The first-order valence-electron chi connectivity index (χ1n) is 10.8. The predicted octanol–water partition coefficient (Wildman–Crippen LogP) is 6.24. The molecule has 2 unspecified atom stereocenters. The van der Waals surface area contributed by atoms with Gasteiger partial charge in [-0.2, -0.15) is 0 Å². The monoisotopic (exact) mass is 390 g/mol. The normalized spacial score (nSPS) is 13.7. The lowest BCUT2D eigenvalue weighted by Gasteiger charge is -2.24. The Labute approximate surface area is 170 Å². The third kappa shape index (κ3) is 7.29. The van der Waals surface area contributed by atoms with E-state index in [0.717, 1.165) is 36.8 Å². The Balaban J connectivity index is 3.29. The number of carboxylic acid groups (broad SMARTS) is 2. The van der Waals surface area contributed by atoms with E-state index in [9.17, 15) is 19.8 Å². The molecule has 0 radical (unpaired) electrons. The Morgan fingerprint density at radius 3 is 1.75 bits per heavy atom. The van der Waals surface area contributed by atoms with Crippen LogP contribution in [-0.4, -0.2) is 22.2 Å². The average Bonchev–Trinajstić information content (AvgIpc) is 2.61. The third-order valence-corrected chi connectivity index (χ3v) is 5.48. The summed E-state index contributed by atoms with van der Waals surface area (Å²) in [5, 5.41) is 19.9. The largest absolute Gasteiger partial charge is 0.481 e. The number of carbonyl (C=O) groups is 2. The second-order valence-corrected chi connectivity index (χ2v) is 8.70. The molecular weight excluding hydrogens is 352 g/mol. The van der Waals surface area contributed by atoms with Gasteiger partial charge in [0.25, 0.3) is 0 Å². The number of aryl methyl sites for hydroxylation is 1. The summed E-state index contributed by atoms with van der Waals surface area (Å²) in [6.07, 6.45) is 5.41. The molecule has 0 aliphatic carbocycles. The van der Waals surface area contributed by atoms with E-state index in [1.807, 2.05) is 25.1 Å². The van der Waals surface area contributed by atoms with Crippen molar-refractivity contribution in [3.05, 3.63) is 34.9 Å². The van der Waals surface area contributed by atoms with Crippen LogP contribution in [0.3, 0.4) is 0 Å². The number of hydrogen-bond donors (Lipinski definition) is 2. The summed E-state index contributed by atoms with van der Waals surface area (Å²) in [6.45, 7) is 10.5. The van der Waals surface area contributed by atoms with Crippen molar-refractivity contribution in [1.82, 2.24) is 0 Å². The molecule has 0 spiro atoms. The zero-order valence-corrected chi connectivity index (χ0v) is 18.2. The maximum atomic E-state index is 12.1. The van der Waals surface area contributed by atoms with Crippen LogP contribution < -0.4 is 0 Å². The van der Waals surface area contributed by atoms with Gasteiger partial charge in [0.1, 0.15) is 0 Å². The third-order valence-electron chi connectivity index (χ3n) is 5.48. The van der Waals surface area contributed by atoms with Gasteiger partial charge in [0.05, 0.1) is 11.8 Å². The minimum Gasteiger partial charge on any atom is -0.481 e. The van der Waals surface area contributed by atoms with Crippen LogP contribution in [0.1, 0.15) is 102 Å². The van der Waals surface area contributed by atoms with Gasteiger partial charge in [-0.05, 0) is 47.8 Å².